The molecule has 2 rings (SSSR count). The van der Waals surface area contributed by atoms with Crippen LogP contribution >= 0.6 is 11.8 Å². The first kappa shape index (κ1) is 14.5. The molecule has 0 aliphatic carbocycles. The molecule has 0 saturated carbocycles. The predicted molar refractivity (Wildman–Crippen MR) is 84.2 cm³/mol. The van der Waals surface area contributed by atoms with Crippen molar-refractivity contribution in [1.82, 2.24) is 0 Å². The smallest absolute Gasteiger partial charge is 0.234 e. The number of nitrogens with one attached hydrogen (secondary N) is 1. The Balaban J connectivity index is 1.68. The second-order valence-electron chi connectivity index (χ2n) is 4.39. The Bertz CT molecular complexity index is 557. The molecule has 2 aromatic carbocycles. The third-order valence-electron chi connectivity index (χ3n) is 2.74. The first-order valence-electron chi connectivity index (χ1n) is 6.44. The largest absolute Gasteiger partial charge is 0.508 e. The Morgan fingerprint density at radius 3 is 2.65 bits per heavy atom. The summed E-state index contributed by atoms with van der Waals surface area (Å²) in [7, 11) is 0. The second-order valence-corrected chi connectivity index (χ2v) is 5.49. The van der Waals surface area contributed by atoms with Crippen LogP contribution in [0.15, 0.2) is 54.6 Å². The van der Waals surface area contributed by atoms with Crippen LogP contribution < -0.4 is 5.32 Å². The number of amides is 1. The number of hydrogen-bond acceptors (Lipinski definition) is 3. The van der Waals surface area contributed by atoms with Crippen molar-refractivity contribution in [3.8, 4) is 5.75 Å². The van der Waals surface area contributed by atoms with Gasteiger partial charge in [0, 0.05) is 11.8 Å². The molecule has 3 nitrogen and oxygen atoms in total. The van der Waals surface area contributed by atoms with Crippen LogP contribution in [0, 0.1) is 0 Å². The van der Waals surface area contributed by atoms with Gasteiger partial charge in [-0.3, -0.25) is 4.79 Å². The van der Waals surface area contributed by atoms with Crippen molar-refractivity contribution in [1.29, 1.82) is 0 Å². The number of carbonyl (C=O) groups excluding carboxylic acids is 1. The van der Waals surface area contributed by atoms with E-state index in [-0.39, 0.29) is 11.7 Å². The molecule has 0 bridgehead atoms. The summed E-state index contributed by atoms with van der Waals surface area (Å²) in [5.41, 5.74) is 1.91. The fourth-order valence-corrected chi connectivity index (χ4v) is 2.56. The van der Waals surface area contributed by atoms with Gasteiger partial charge in [-0.1, -0.05) is 36.4 Å². The molecule has 0 aliphatic rings. The highest BCUT2D eigenvalue weighted by Crippen LogP contribution is 2.15. The molecule has 0 saturated heterocycles. The van der Waals surface area contributed by atoms with Crippen molar-refractivity contribution in [2.24, 2.45) is 0 Å². The average Bonchev–Trinajstić information content (AvgIpc) is 2.45. The third-order valence-corrected chi connectivity index (χ3v) is 3.70. The van der Waals surface area contributed by atoms with E-state index >= 15 is 0 Å². The number of carbonyl (C=O) groups is 1. The molecule has 0 aromatic heterocycles. The van der Waals surface area contributed by atoms with E-state index < -0.39 is 0 Å². The van der Waals surface area contributed by atoms with Crippen LogP contribution in [0.4, 0.5) is 5.69 Å². The van der Waals surface area contributed by atoms with E-state index in [0.29, 0.717) is 11.4 Å². The zero-order valence-corrected chi connectivity index (χ0v) is 11.9. The summed E-state index contributed by atoms with van der Waals surface area (Å²) in [4.78, 5) is 11.7. The molecular formula is C16H17NO2S. The van der Waals surface area contributed by atoms with Gasteiger partial charge in [0.25, 0.3) is 0 Å². The molecule has 0 atom stereocenters. The number of aromatic hydroxyl groups is 1. The molecule has 0 aliphatic heterocycles. The topological polar surface area (TPSA) is 49.3 Å². The fourth-order valence-electron chi connectivity index (χ4n) is 1.78. The van der Waals surface area contributed by atoms with Gasteiger partial charge in [-0.2, -0.15) is 11.8 Å². The molecule has 104 valence electrons. The molecule has 20 heavy (non-hydrogen) atoms. The number of aryl methyl sites for hydroxylation is 1. The van der Waals surface area contributed by atoms with Gasteiger partial charge < -0.3 is 10.4 Å². The van der Waals surface area contributed by atoms with Gasteiger partial charge in [0.05, 0.1) is 5.75 Å². The van der Waals surface area contributed by atoms with E-state index in [1.54, 1.807) is 30.0 Å². The summed E-state index contributed by atoms with van der Waals surface area (Å²) >= 11 is 1.61. The first-order valence-corrected chi connectivity index (χ1v) is 7.60. The Kier molecular flexibility index (Phi) is 5.50. The highest BCUT2D eigenvalue weighted by atomic mass is 32.2. The van der Waals surface area contributed by atoms with Crippen LogP contribution in [0.3, 0.4) is 0 Å². The molecule has 0 fully saturated rings. The van der Waals surface area contributed by atoms with E-state index in [4.69, 9.17) is 0 Å². The first-order chi connectivity index (χ1) is 9.74. The van der Waals surface area contributed by atoms with Gasteiger partial charge in [0.15, 0.2) is 0 Å². The molecule has 4 heteroatoms. The van der Waals surface area contributed by atoms with Crippen LogP contribution in [0.5, 0.6) is 5.75 Å². The van der Waals surface area contributed by atoms with Gasteiger partial charge in [0.1, 0.15) is 5.75 Å². The van der Waals surface area contributed by atoms with Crippen molar-refractivity contribution in [2.75, 3.05) is 16.8 Å². The van der Waals surface area contributed by atoms with Gasteiger partial charge in [-0.15, -0.1) is 0 Å². The van der Waals surface area contributed by atoms with Gasteiger partial charge >= 0.3 is 0 Å². The monoisotopic (exact) mass is 287 g/mol. The molecule has 0 heterocycles. The van der Waals surface area contributed by atoms with Crippen LogP contribution in [0.1, 0.15) is 5.56 Å². The van der Waals surface area contributed by atoms with E-state index in [0.717, 1.165) is 12.2 Å². The fraction of sp³-hybridized carbons (Fsp3) is 0.188. The third kappa shape index (κ3) is 4.97. The van der Waals surface area contributed by atoms with Gasteiger partial charge in [-0.25, -0.2) is 0 Å². The highest BCUT2D eigenvalue weighted by Gasteiger charge is 2.03. The van der Waals surface area contributed by atoms with Gasteiger partial charge in [-0.05, 0) is 29.9 Å². The molecule has 0 unspecified atom stereocenters. The minimum absolute atomic E-state index is 0.0475. The molecule has 0 spiro atoms. The lowest BCUT2D eigenvalue weighted by atomic mass is 10.2. The van der Waals surface area contributed by atoms with E-state index in [2.05, 4.69) is 17.4 Å². The average molecular weight is 287 g/mol. The minimum atomic E-state index is -0.0475. The molecular weight excluding hydrogens is 270 g/mol. The summed E-state index contributed by atoms with van der Waals surface area (Å²) in [6.07, 6.45) is 0.963. The Morgan fingerprint density at radius 1 is 1.10 bits per heavy atom. The summed E-state index contributed by atoms with van der Waals surface area (Å²) < 4.78 is 0. The normalized spacial score (nSPS) is 10.2. The van der Waals surface area contributed by atoms with E-state index in [1.807, 2.05) is 18.2 Å². The lowest BCUT2D eigenvalue weighted by Gasteiger charge is -2.05. The van der Waals surface area contributed by atoms with Crippen LogP contribution in [-0.4, -0.2) is 22.5 Å². The van der Waals surface area contributed by atoms with E-state index in [9.17, 15) is 9.90 Å². The Hall–Kier alpha value is -1.94. The van der Waals surface area contributed by atoms with Crippen molar-refractivity contribution >= 4 is 23.4 Å². The molecule has 2 aromatic rings. The van der Waals surface area contributed by atoms with Crippen LogP contribution in [-0.2, 0) is 11.2 Å². The minimum Gasteiger partial charge on any atom is -0.508 e. The number of hydrogen-bond donors (Lipinski definition) is 2. The molecule has 0 radical (unpaired) electrons. The molecule has 1 amide bonds. The lowest BCUT2D eigenvalue weighted by Crippen LogP contribution is -2.14. The summed E-state index contributed by atoms with van der Waals surface area (Å²) in [5, 5.41) is 12.1. The standard InChI is InChI=1S/C16H17NO2S/c18-15-8-4-7-14(11-15)17-16(19)12-20-10-9-13-5-2-1-3-6-13/h1-8,11,18H,9-10,12H2,(H,17,19). The number of benzene rings is 2. The van der Waals surface area contributed by atoms with Crippen molar-refractivity contribution in [3.63, 3.8) is 0 Å². The van der Waals surface area contributed by atoms with Crippen molar-refractivity contribution in [3.05, 3.63) is 60.2 Å². The summed E-state index contributed by atoms with van der Waals surface area (Å²) in [5.74, 6) is 1.44. The zero-order valence-electron chi connectivity index (χ0n) is 11.1. The number of phenols is 1. The number of rotatable bonds is 6. The number of phenolic OH excluding ortho intramolecular Hbond substituents is 1. The van der Waals surface area contributed by atoms with Gasteiger partial charge in [0.2, 0.25) is 5.91 Å². The summed E-state index contributed by atoms with van der Waals surface area (Å²) in [6.45, 7) is 0. The van der Waals surface area contributed by atoms with Crippen molar-refractivity contribution in [2.45, 2.75) is 6.42 Å². The van der Waals surface area contributed by atoms with Crippen molar-refractivity contribution < 1.29 is 9.90 Å². The van der Waals surface area contributed by atoms with Crippen LogP contribution in [0.25, 0.3) is 0 Å². The number of thioether (sulfide) groups is 1. The lowest BCUT2D eigenvalue weighted by molar-refractivity contribution is -0.113. The van der Waals surface area contributed by atoms with E-state index in [1.165, 1.54) is 11.6 Å². The Labute approximate surface area is 123 Å². The maximum atomic E-state index is 11.7. The predicted octanol–water partition coefficient (Wildman–Crippen LogP) is 3.31. The van der Waals surface area contributed by atoms with Crippen LogP contribution in [0.2, 0.25) is 0 Å². The summed E-state index contributed by atoms with van der Waals surface area (Å²) in [6, 6.07) is 16.8. The maximum absolute atomic E-state index is 11.7. The zero-order chi connectivity index (χ0) is 14.2. The number of anilines is 1. The molecule has 2 N–H and O–H groups in total. The SMILES string of the molecule is O=C(CSCCc1ccccc1)Nc1cccc(O)c1. The second kappa shape index (κ2) is 7.60. The highest BCUT2D eigenvalue weighted by molar-refractivity contribution is 7.99. The quantitative estimate of drug-likeness (QED) is 0.801. The maximum Gasteiger partial charge on any atom is 0.234 e. The Morgan fingerprint density at radius 2 is 1.90 bits per heavy atom.